The highest BCUT2D eigenvalue weighted by Crippen LogP contribution is 2.22. The lowest BCUT2D eigenvalue weighted by molar-refractivity contribution is -0.137. The molecule has 0 spiro atoms. The summed E-state index contributed by atoms with van der Waals surface area (Å²) < 4.78 is 0. The highest BCUT2D eigenvalue weighted by atomic mass is 16.3. The maximum atomic E-state index is 11.8. The number of carbonyl (C=O) groups is 2. The zero-order chi connectivity index (χ0) is 12.8. The molecule has 1 unspecified atom stereocenters. The molecule has 0 radical (unpaired) electrons. The summed E-state index contributed by atoms with van der Waals surface area (Å²) in [6, 6.07) is 0. The van der Waals surface area contributed by atoms with Crippen LogP contribution in [-0.4, -0.2) is 40.9 Å². The van der Waals surface area contributed by atoms with Crippen LogP contribution in [0.5, 0.6) is 0 Å². The van der Waals surface area contributed by atoms with Gasteiger partial charge in [0.15, 0.2) is 0 Å². The van der Waals surface area contributed by atoms with Crippen LogP contribution in [0.2, 0.25) is 0 Å². The van der Waals surface area contributed by atoms with Gasteiger partial charge in [0.25, 0.3) is 0 Å². The van der Waals surface area contributed by atoms with Crippen LogP contribution in [-0.2, 0) is 9.59 Å². The Hall–Kier alpha value is -0.900. The van der Waals surface area contributed by atoms with Crippen molar-refractivity contribution in [3.8, 4) is 0 Å². The normalized spacial score (nSPS) is 14.3. The van der Waals surface area contributed by atoms with Crippen LogP contribution in [0.3, 0.4) is 0 Å². The lowest BCUT2D eigenvalue weighted by Crippen LogP contribution is -2.47. The first-order valence-corrected chi connectivity index (χ1v) is 5.74. The van der Waals surface area contributed by atoms with E-state index in [9.17, 15) is 9.59 Å². The largest absolute Gasteiger partial charge is 0.396 e. The zero-order valence-electron chi connectivity index (χ0n) is 10.7. The number of aliphatic hydroxyl groups excluding tert-OH is 1. The number of carbonyl (C=O) groups excluding carboxylic acids is 2. The average molecular weight is 229 g/mol. The Labute approximate surface area is 97.6 Å². The molecule has 0 saturated carbocycles. The van der Waals surface area contributed by atoms with E-state index in [2.05, 4.69) is 0 Å². The second kappa shape index (κ2) is 6.63. The molecular weight excluding hydrogens is 206 g/mol. The van der Waals surface area contributed by atoms with Crippen molar-refractivity contribution in [2.45, 2.75) is 52.0 Å². The molecule has 0 heterocycles. The third-order valence-corrected chi connectivity index (χ3v) is 3.29. The number of nitrogens with zero attached hydrogens (tertiary/aromatic N) is 1. The molecule has 0 bridgehead atoms. The molecule has 94 valence electrons. The van der Waals surface area contributed by atoms with Crippen LogP contribution in [0, 0.1) is 0 Å². The Morgan fingerprint density at radius 2 is 1.88 bits per heavy atom. The Morgan fingerprint density at radius 3 is 2.25 bits per heavy atom. The van der Waals surface area contributed by atoms with E-state index in [1.54, 1.807) is 11.9 Å². The van der Waals surface area contributed by atoms with Crippen molar-refractivity contribution < 1.29 is 14.7 Å². The van der Waals surface area contributed by atoms with Gasteiger partial charge in [-0.25, -0.2) is 0 Å². The summed E-state index contributed by atoms with van der Waals surface area (Å²) in [4.78, 5) is 24.3. The second-order valence-corrected chi connectivity index (χ2v) is 4.48. The number of amides is 1. The Morgan fingerprint density at radius 1 is 1.31 bits per heavy atom. The first kappa shape index (κ1) is 15.1. The van der Waals surface area contributed by atoms with E-state index in [1.165, 1.54) is 6.92 Å². The maximum absolute atomic E-state index is 11.8. The summed E-state index contributed by atoms with van der Waals surface area (Å²) in [6.07, 6.45) is 1.90. The zero-order valence-corrected chi connectivity index (χ0v) is 10.7. The van der Waals surface area contributed by atoms with E-state index in [1.807, 2.05) is 13.8 Å². The second-order valence-electron chi connectivity index (χ2n) is 4.48. The Balaban J connectivity index is 4.43. The third-order valence-electron chi connectivity index (χ3n) is 3.29. The van der Waals surface area contributed by atoms with Gasteiger partial charge in [-0.2, -0.15) is 0 Å². The number of Topliss-reactive ketones (excluding diaryl/α,β-unsaturated/α-hetero) is 1. The van der Waals surface area contributed by atoms with Gasteiger partial charge in [-0.1, -0.05) is 6.92 Å². The fourth-order valence-electron chi connectivity index (χ4n) is 1.57. The average Bonchev–Trinajstić information content (AvgIpc) is 2.24. The van der Waals surface area contributed by atoms with Crippen molar-refractivity contribution in [3.05, 3.63) is 0 Å². The summed E-state index contributed by atoms with van der Waals surface area (Å²) in [7, 11) is 1.74. The number of hydrogen-bond acceptors (Lipinski definition) is 3. The first-order chi connectivity index (χ1) is 7.37. The molecule has 0 aromatic heterocycles. The van der Waals surface area contributed by atoms with E-state index in [0.717, 1.165) is 6.42 Å². The van der Waals surface area contributed by atoms with Gasteiger partial charge in [-0.3, -0.25) is 4.79 Å². The SMILES string of the molecule is CCC(C)(CCO)N(C)C(=O)CCC(C)=O. The fraction of sp³-hybridized carbons (Fsp3) is 0.833. The summed E-state index contributed by atoms with van der Waals surface area (Å²) in [6.45, 7) is 5.49. The summed E-state index contributed by atoms with van der Waals surface area (Å²) >= 11 is 0. The molecule has 0 aliphatic heterocycles. The number of hydrogen-bond donors (Lipinski definition) is 1. The topological polar surface area (TPSA) is 57.6 Å². The quantitative estimate of drug-likeness (QED) is 0.717. The van der Waals surface area contributed by atoms with E-state index in [0.29, 0.717) is 12.8 Å². The van der Waals surface area contributed by atoms with Gasteiger partial charge in [0.05, 0.1) is 0 Å². The number of ketones is 1. The van der Waals surface area contributed by atoms with E-state index < -0.39 is 0 Å². The Bertz CT molecular complexity index is 253. The van der Waals surface area contributed by atoms with Gasteiger partial charge in [0.1, 0.15) is 5.78 Å². The lowest BCUT2D eigenvalue weighted by Gasteiger charge is -2.38. The minimum absolute atomic E-state index is 0.0297. The lowest BCUT2D eigenvalue weighted by atomic mass is 9.92. The van der Waals surface area contributed by atoms with Crippen molar-refractivity contribution in [1.82, 2.24) is 4.90 Å². The smallest absolute Gasteiger partial charge is 0.223 e. The van der Waals surface area contributed by atoms with Crippen molar-refractivity contribution in [1.29, 1.82) is 0 Å². The molecule has 0 aromatic rings. The summed E-state index contributed by atoms with van der Waals surface area (Å²) in [5.74, 6) is -0.00453. The van der Waals surface area contributed by atoms with Crippen LogP contribution in [0.25, 0.3) is 0 Å². The molecule has 16 heavy (non-hydrogen) atoms. The molecular formula is C12H23NO3. The molecule has 0 rings (SSSR count). The van der Waals surface area contributed by atoms with Gasteiger partial charge in [0.2, 0.25) is 5.91 Å². The van der Waals surface area contributed by atoms with Crippen molar-refractivity contribution in [2.75, 3.05) is 13.7 Å². The molecule has 1 N–H and O–H groups in total. The molecule has 0 aliphatic rings. The Kier molecular flexibility index (Phi) is 6.26. The minimum atomic E-state index is -0.317. The molecule has 0 aliphatic carbocycles. The standard InChI is InChI=1S/C12H23NO3/c1-5-12(3,8-9-14)13(4)11(16)7-6-10(2)15/h14H,5-9H2,1-4H3. The van der Waals surface area contributed by atoms with Gasteiger partial charge >= 0.3 is 0 Å². The van der Waals surface area contributed by atoms with E-state index >= 15 is 0 Å². The predicted octanol–water partition coefficient (Wildman–Crippen LogP) is 1.37. The monoisotopic (exact) mass is 229 g/mol. The molecule has 4 heteroatoms. The maximum Gasteiger partial charge on any atom is 0.223 e. The van der Waals surface area contributed by atoms with Crippen LogP contribution in [0.4, 0.5) is 0 Å². The van der Waals surface area contributed by atoms with Gasteiger partial charge in [0, 0.05) is 32.0 Å². The molecule has 1 amide bonds. The predicted molar refractivity (Wildman–Crippen MR) is 63.1 cm³/mol. The molecule has 4 nitrogen and oxygen atoms in total. The van der Waals surface area contributed by atoms with E-state index in [4.69, 9.17) is 5.11 Å². The molecule has 1 atom stereocenters. The van der Waals surface area contributed by atoms with E-state index in [-0.39, 0.29) is 30.3 Å². The first-order valence-electron chi connectivity index (χ1n) is 5.74. The van der Waals surface area contributed by atoms with Crippen LogP contribution in [0.15, 0.2) is 0 Å². The van der Waals surface area contributed by atoms with Crippen LogP contribution >= 0.6 is 0 Å². The number of rotatable bonds is 7. The highest BCUT2D eigenvalue weighted by Gasteiger charge is 2.29. The molecule has 0 saturated heterocycles. The highest BCUT2D eigenvalue weighted by molar-refractivity contribution is 5.83. The van der Waals surface area contributed by atoms with Gasteiger partial charge < -0.3 is 14.8 Å². The third kappa shape index (κ3) is 4.31. The van der Waals surface area contributed by atoms with Crippen LogP contribution in [0.1, 0.15) is 46.5 Å². The molecule has 0 aromatic carbocycles. The van der Waals surface area contributed by atoms with Crippen LogP contribution < -0.4 is 0 Å². The van der Waals surface area contributed by atoms with Crippen molar-refractivity contribution in [3.63, 3.8) is 0 Å². The summed E-state index contributed by atoms with van der Waals surface area (Å²) in [5, 5.41) is 8.99. The van der Waals surface area contributed by atoms with Crippen molar-refractivity contribution >= 4 is 11.7 Å². The molecule has 0 fully saturated rings. The van der Waals surface area contributed by atoms with Gasteiger partial charge in [-0.05, 0) is 26.7 Å². The fourth-order valence-corrected chi connectivity index (χ4v) is 1.57. The summed E-state index contributed by atoms with van der Waals surface area (Å²) in [5.41, 5.74) is -0.317. The minimum Gasteiger partial charge on any atom is -0.396 e. The number of aliphatic hydroxyl groups is 1. The van der Waals surface area contributed by atoms with Gasteiger partial charge in [-0.15, -0.1) is 0 Å². The van der Waals surface area contributed by atoms with Crippen molar-refractivity contribution in [2.24, 2.45) is 0 Å².